The van der Waals surface area contributed by atoms with Crippen molar-refractivity contribution in [1.29, 1.82) is 0 Å². The number of rotatable bonds is 4. The predicted molar refractivity (Wildman–Crippen MR) is 102 cm³/mol. The SMILES string of the molecule is COc1cc2ncn3ncc(Cc4ccc(S(N)(=O)=O)cc4)c3c2cc1C. The number of hydrogen-bond donors (Lipinski definition) is 1. The largest absolute Gasteiger partial charge is 0.496 e. The highest BCUT2D eigenvalue weighted by molar-refractivity contribution is 7.89. The van der Waals surface area contributed by atoms with E-state index in [0.29, 0.717) is 6.42 Å². The molecule has 4 aromatic rings. The van der Waals surface area contributed by atoms with Gasteiger partial charge in [0.05, 0.1) is 29.2 Å². The lowest BCUT2D eigenvalue weighted by atomic mass is 10.0. The minimum atomic E-state index is -3.69. The first kappa shape index (κ1) is 17.4. The van der Waals surface area contributed by atoms with Crippen LogP contribution >= 0.6 is 0 Å². The van der Waals surface area contributed by atoms with E-state index in [1.54, 1.807) is 30.1 Å². The van der Waals surface area contributed by atoms with Crippen LogP contribution in [0.5, 0.6) is 5.75 Å². The topological polar surface area (TPSA) is 99.6 Å². The fraction of sp³-hybridized carbons (Fsp3) is 0.158. The van der Waals surface area contributed by atoms with Gasteiger partial charge in [-0.25, -0.2) is 23.1 Å². The summed E-state index contributed by atoms with van der Waals surface area (Å²) >= 11 is 0. The number of ether oxygens (including phenoxy) is 1. The van der Waals surface area contributed by atoms with Gasteiger partial charge in [-0.1, -0.05) is 12.1 Å². The monoisotopic (exact) mass is 382 g/mol. The van der Waals surface area contributed by atoms with Crippen molar-refractivity contribution in [3.05, 3.63) is 65.6 Å². The molecule has 0 fully saturated rings. The van der Waals surface area contributed by atoms with Gasteiger partial charge in [0.1, 0.15) is 12.1 Å². The van der Waals surface area contributed by atoms with Crippen LogP contribution in [0.4, 0.5) is 0 Å². The molecule has 0 saturated carbocycles. The van der Waals surface area contributed by atoms with E-state index in [-0.39, 0.29) is 4.90 Å². The van der Waals surface area contributed by atoms with Crippen LogP contribution < -0.4 is 9.88 Å². The Morgan fingerprint density at radius 2 is 1.93 bits per heavy atom. The molecule has 0 aliphatic rings. The Balaban J connectivity index is 1.81. The molecule has 2 aromatic carbocycles. The van der Waals surface area contributed by atoms with Crippen molar-refractivity contribution in [2.24, 2.45) is 5.14 Å². The lowest BCUT2D eigenvalue weighted by Gasteiger charge is -2.09. The zero-order chi connectivity index (χ0) is 19.2. The zero-order valence-electron chi connectivity index (χ0n) is 14.9. The van der Waals surface area contributed by atoms with Crippen LogP contribution in [0.3, 0.4) is 0 Å². The van der Waals surface area contributed by atoms with Crippen molar-refractivity contribution in [3.63, 3.8) is 0 Å². The van der Waals surface area contributed by atoms with E-state index >= 15 is 0 Å². The average molecular weight is 382 g/mol. The van der Waals surface area contributed by atoms with E-state index in [1.807, 2.05) is 25.3 Å². The average Bonchev–Trinajstić information content (AvgIpc) is 3.04. The molecule has 0 aliphatic carbocycles. The Morgan fingerprint density at radius 3 is 2.59 bits per heavy atom. The van der Waals surface area contributed by atoms with Crippen LogP contribution in [-0.2, 0) is 16.4 Å². The number of aromatic nitrogens is 3. The number of fused-ring (bicyclic) bond motifs is 3. The third-order valence-corrected chi connectivity index (χ3v) is 5.52. The fourth-order valence-corrected chi connectivity index (χ4v) is 3.75. The first-order valence-corrected chi connectivity index (χ1v) is 9.83. The number of benzene rings is 2. The molecule has 7 nitrogen and oxygen atoms in total. The van der Waals surface area contributed by atoms with Crippen molar-refractivity contribution in [2.75, 3.05) is 7.11 Å². The van der Waals surface area contributed by atoms with Gasteiger partial charge < -0.3 is 4.74 Å². The minimum absolute atomic E-state index is 0.100. The first-order valence-electron chi connectivity index (χ1n) is 8.28. The Labute approximate surface area is 156 Å². The van der Waals surface area contributed by atoms with E-state index in [2.05, 4.69) is 10.1 Å². The number of sulfonamides is 1. The molecule has 0 bridgehead atoms. The number of methoxy groups -OCH3 is 1. The Kier molecular flexibility index (Phi) is 4.09. The smallest absolute Gasteiger partial charge is 0.238 e. The van der Waals surface area contributed by atoms with Gasteiger partial charge in [-0.05, 0) is 36.2 Å². The molecule has 138 valence electrons. The molecule has 0 spiro atoms. The Bertz CT molecular complexity index is 1260. The second-order valence-corrected chi connectivity index (χ2v) is 7.97. The summed E-state index contributed by atoms with van der Waals surface area (Å²) in [5.41, 5.74) is 4.81. The van der Waals surface area contributed by atoms with E-state index in [1.165, 1.54) is 12.1 Å². The highest BCUT2D eigenvalue weighted by Crippen LogP contribution is 2.29. The number of nitrogens with two attached hydrogens (primary N) is 1. The molecule has 2 aromatic heterocycles. The lowest BCUT2D eigenvalue weighted by Crippen LogP contribution is -2.11. The summed E-state index contributed by atoms with van der Waals surface area (Å²) in [6.45, 7) is 1.99. The molecule has 0 radical (unpaired) electrons. The molecule has 0 aliphatic heterocycles. The first-order chi connectivity index (χ1) is 12.9. The van der Waals surface area contributed by atoms with Crippen LogP contribution in [0.25, 0.3) is 16.4 Å². The van der Waals surface area contributed by atoms with Gasteiger partial charge in [0, 0.05) is 23.4 Å². The van der Waals surface area contributed by atoms with Crippen LogP contribution in [0.2, 0.25) is 0 Å². The molecule has 0 atom stereocenters. The van der Waals surface area contributed by atoms with Crippen LogP contribution in [-0.4, -0.2) is 30.1 Å². The summed E-state index contributed by atoms with van der Waals surface area (Å²) < 4.78 is 30.0. The normalized spacial score (nSPS) is 12.0. The standard InChI is InChI=1S/C19H18N4O3S/c1-12-7-16-17(9-18(12)26-2)21-11-23-19(16)14(10-22-23)8-13-3-5-15(6-4-13)27(20,24)25/h3-7,9-11H,8H2,1-2H3,(H2,20,24,25). The molecule has 0 saturated heterocycles. The summed E-state index contributed by atoms with van der Waals surface area (Å²) in [4.78, 5) is 4.56. The molecule has 27 heavy (non-hydrogen) atoms. The number of hydrogen-bond acceptors (Lipinski definition) is 5. The number of primary sulfonamides is 1. The summed E-state index contributed by atoms with van der Waals surface area (Å²) in [7, 11) is -2.05. The van der Waals surface area contributed by atoms with Crippen molar-refractivity contribution < 1.29 is 13.2 Å². The second kappa shape index (κ2) is 6.33. The van der Waals surface area contributed by atoms with Crippen molar-refractivity contribution in [2.45, 2.75) is 18.2 Å². The lowest BCUT2D eigenvalue weighted by molar-refractivity contribution is 0.412. The Hall–Kier alpha value is -2.97. The summed E-state index contributed by atoms with van der Waals surface area (Å²) in [6, 6.07) is 10.5. The van der Waals surface area contributed by atoms with Crippen molar-refractivity contribution in [1.82, 2.24) is 14.6 Å². The second-order valence-electron chi connectivity index (χ2n) is 6.41. The van der Waals surface area contributed by atoms with Gasteiger partial charge in [0.2, 0.25) is 10.0 Å². The number of nitrogens with zero attached hydrogens (tertiary/aromatic N) is 3. The summed E-state index contributed by atoms with van der Waals surface area (Å²) in [5.74, 6) is 0.791. The molecular weight excluding hydrogens is 364 g/mol. The highest BCUT2D eigenvalue weighted by Gasteiger charge is 2.13. The fourth-order valence-electron chi connectivity index (χ4n) is 3.24. The van der Waals surface area contributed by atoms with Gasteiger partial charge >= 0.3 is 0 Å². The highest BCUT2D eigenvalue weighted by atomic mass is 32.2. The maximum Gasteiger partial charge on any atom is 0.238 e. The van der Waals surface area contributed by atoms with E-state index < -0.39 is 10.0 Å². The van der Waals surface area contributed by atoms with Gasteiger partial charge in [-0.2, -0.15) is 5.10 Å². The van der Waals surface area contributed by atoms with Crippen molar-refractivity contribution in [3.8, 4) is 5.75 Å². The third-order valence-electron chi connectivity index (χ3n) is 4.59. The molecule has 2 N–H and O–H groups in total. The quantitative estimate of drug-likeness (QED) is 0.584. The molecule has 0 amide bonds. The van der Waals surface area contributed by atoms with Crippen molar-refractivity contribution >= 4 is 26.4 Å². The van der Waals surface area contributed by atoms with Gasteiger partial charge in [-0.15, -0.1) is 0 Å². The predicted octanol–water partition coefficient (Wildman–Crippen LogP) is 2.44. The molecule has 2 heterocycles. The van der Waals surface area contributed by atoms with Gasteiger partial charge in [0.25, 0.3) is 0 Å². The van der Waals surface area contributed by atoms with E-state index in [0.717, 1.165) is 38.9 Å². The maximum absolute atomic E-state index is 11.4. The van der Waals surface area contributed by atoms with Crippen LogP contribution in [0.15, 0.2) is 53.8 Å². The van der Waals surface area contributed by atoms with Gasteiger partial charge in [-0.3, -0.25) is 0 Å². The molecule has 4 rings (SSSR count). The summed E-state index contributed by atoms with van der Waals surface area (Å²) in [5, 5.41) is 10.6. The third kappa shape index (κ3) is 3.13. The molecular formula is C19H18N4O3S. The minimum Gasteiger partial charge on any atom is -0.496 e. The number of aryl methyl sites for hydroxylation is 1. The maximum atomic E-state index is 11.4. The van der Waals surface area contributed by atoms with Crippen LogP contribution in [0.1, 0.15) is 16.7 Å². The molecule has 8 heteroatoms. The van der Waals surface area contributed by atoms with E-state index in [4.69, 9.17) is 9.88 Å². The Morgan fingerprint density at radius 1 is 1.19 bits per heavy atom. The summed E-state index contributed by atoms with van der Waals surface area (Å²) in [6.07, 6.45) is 4.10. The molecule has 0 unspecified atom stereocenters. The van der Waals surface area contributed by atoms with Gasteiger partial charge in [0.15, 0.2) is 0 Å². The zero-order valence-corrected chi connectivity index (χ0v) is 15.7. The van der Waals surface area contributed by atoms with E-state index in [9.17, 15) is 8.42 Å². The van der Waals surface area contributed by atoms with Crippen LogP contribution in [0, 0.1) is 6.92 Å².